The first-order chi connectivity index (χ1) is 11.6. The third-order valence-electron chi connectivity index (χ3n) is 3.19. The van der Waals surface area contributed by atoms with Gasteiger partial charge in [0.1, 0.15) is 0 Å². The number of nitrogens with one attached hydrogen (secondary N) is 1. The van der Waals surface area contributed by atoms with E-state index in [0.717, 1.165) is 16.9 Å². The summed E-state index contributed by atoms with van der Waals surface area (Å²) in [7, 11) is 0. The number of ether oxygens (including phenoxy) is 1. The minimum atomic E-state index is -0.581. The second kappa shape index (κ2) is 9.35. The minimum Gasteiger partial charge on any atom is -0.449 e. The van der Waals surface area contributed by atoms with Gasteiger partial charge in [-0.05, 0) is 30.9 Å². The van der Waals surface area contributed by atoms with Gasteiger partial charge in [0, 0.05) is 21.9 Å². The van der Waals surface area contributed by atoms with Crippen molar-refractivity contribution in [1.82, 2.24) is 5.43 Å². The molecule has 0 saturated heterocycles. The number of thioether (sulfide) groups is 1. The molecule has 0 unspecified atom stereocenters. The second-order valence-electron chi connectivity index (χ2n) is 4.93. The van der Waals surface area contributed by atoms with Crippen molar-refractivity contribution in [3.05, 3.63) is 70.2 Å². The summed E-state index contributed by atoms with van der Waals surface area (Å²) in [4.78, 5) is 11.5. The Morgan fingerprint density at radius 3 is 2.25 bits per heavy atom. The fourth-order valence-corrected chi connectivity index (χ4v) is 2.75. The van der Waals surface area contributed by atoms with Crippen LogP contribution in [-0.4, -0.2) is 24.7 Å². The smallest absolute Gasteiger partial charge is 0.427 e. The molecule has 24 heavy (non-hydrogen) atoms. The van der Waals surface area contributed by atoms with Crippen molar-refractivity contribution in [2.75, 3.05) is 12.9 Å². The van der Waals surface area contributed by atoms with Crippen molar-refractivity contribution in [2.24, 2.45) is 5.10 Å². The summed E-state index contributed by atoms with van der Waals surface area (Å²) >= 11 is 7.72. The van der Waals surface area contributed by atoms with Crippen molar-refractivity contribution in [3.63, 3.8) is 0 Å². The molecule has 2 aromatic rings. The van der Waals surface area contributed by atoms with Crippen LogP contribution in [0.15, 0.2) is 53.6 Å². The van der Waals surface area contributed by atoms with Gasteiger partial charge in [0.15, 0.2) is 0 Å². The van der Waals surface area contributed by atoms with E-state index in [1.807, 2.05) is 24.3 Å². The Morgan fingerprint density at radius 2 is 1.71 bits per heavy atom. The molecule has 0 bridgehead atoms. The Hall–Kier alpha value is -1.98. The van der Waals surface area contributed by atoms with E-state index in [0.29, 0.717) is 17.3 Å². The Balaban J connectivity index is 2.32. The minimum absolute atomic E-state index is 0.293. The van der Waals surface area contributed by atoms with E-state index in [-0.39, 0.29) is 0 Å². The molecule has 126 valence electrons. The summed E-state index contributed by atoms with van der Waals surface area (Å²) < 4.78 is 4.85. The zero-order chi connectivity index (χ0) is 17.4. The molecule has 0 aliphatic rings. The molecule has 0 aromatic heterocycles. The quantitative estimate of drug-likeness (QED) is 0.598. The monoisotopic (exact) mass is 362 g/mol. The van der Waals surface area contributed by atoms with Crippen LogP contribution in [0.25, 0.3) is 0 Å². The summed E-state index contributed by atoms with van der Waals surface area (Å²) in [6, 6.07) is 15.4. The average molecular weight is 363 g/mol. The molecular formula is C18H19ClN2O2S. The van der Waals surface area contributed by atoms with Crippen molar-refractivity contribution >= 4 is 35.2 Å². The van der Waals surface area contributed by atoms with Crippen molar-refractivity contribution < 1.29 is 9.53 Å². The van der Waals surface area contributed by atoms with Crippen molar-refractivity contribution in [2.45, 2.75) is 12.7 Å². The van der Waals surface area contributed by atoms with Gasteiger partial charge in [0.05, 0.1) is 12.3 Å². The van der Waals surface area contributed by atoms with Crippen LogP contribution in [0.3, 0.4) is 0 Å². The van der Waals surface area contributed by atoms with E-state index in [1.165, 1.54) is 5.56 Å². The highest BCUT2D eigenvalue weighted by Crippen LogP contribution is 2.17. The van der Waals surface area contributed by atoms with Gasteiger partial charge in [-0.3, -0.25) is 0 Å². The molecule has 0 spiro atoms. The van der Waals surface area contributed by atoms with Crippen LogP contribution < -0.4 is 5.43 Å². The van der Waals surface area contributed by atoms with Crippen LogP contribution in [-0.2, 0) is 10.5 Å². The predicted molar refractivity (Wildman–Crippen MR) is 101 cm³/mol. The van der Waals surface area contributed by atoms with E-state index in [4.69, 9.17) is 16.3 Å². The highest BCUT2D eigenvalue weighted by Gasteiger charge is 2.09. The fraction of sp³-hybridized carbons (Fsp3) is 0.222. The number of rotatable bonds is 6. The molecule has 2 aromatic carbocycles. The zero-order valence-corrected chi connectivity index (χ0v) is 15.2. The number of halogens is 1. The number of carbonyl (C=O) groups is 1. The van der Waals surface area contributed by atoms with Gasteiger partial charge in [-0.2, -0.15) is 16.9 Å². The number of carbonyl (C=O) groups excluding carboxylic acids is 1. The lowest BCUT2D eigenvalue weighted by molar-refractivity contribution is 0.152. The molecule has 0 fully saturated rings. The largest absolute Gasteiger partial charge is 0.449 e. The first-order valence-electron chi connectivity index (χ1n) is 7.48. The summed E-state index contributed by atoms with van der Waals surface area (Å²) in [5.74, 6) is 0.953. The van der Waals surface area contributed by atoms with Crippen LogP contribution >= 0.6 is 23.4 Å². The van der Waals surface area contributed by atoms with Gasteiger partial charge in [0.2, 0.25) is 0 Å². The van der Waals surface area contributed by atoms with Gasteiger partial charge in [-0.25, -0.2) is 10.2 Å². The Kier molecular flexibility index (Phi) is 7.15. The Morgan fingerprint density at radius 1 is 1.12 bits per heavy atom. The topological polar surface area (TPSA) is 50.7 Å². The Labute approximate surface area is 151 Å². The first-order valence-corrected chi connectivity index (χ1v) is 9.26. The van der Waals surface area contributed by atoms with Crippen molar-refractivity contribution in [1.29, 1.82) is 0 Å². The van der Waals surface area contributed by atoms with Crippen LogP contribution in [0.4, 0.5) is 4.79 Å². The van der Waals surface area contributed by atoms with Gasteiger partial charge >= 0.3 is 6.09 Å². The third-order valence-corrected chi connectivity index (χ3v) is 4.06. The lowest BCUT2D eigenvalue weighted by Gasteiger charge is -2.09. The molecule has 0 atom stereocenters. The number of hydrazone groups is 1. The van der Waals surface area contributed by atoms with E-state index in [9.17, 15) is 4.79 Å². The molecule has 6 heteroatoms. The second-order valence-corrected chi connectivity index (χ2v) is 6.23. The van der Waals surface area contributed by atoms with Crippen molar-refractivity contribution in [3.8, 4) is 0 Å². The number of hydrogen-bond donors (Lipinski definition) is 1. The molecule has 0 aliphatic heterocycles. The van der Waals surface area contributed by atoms with Gasteiger partial charge < -0.3 is 4.74 Å². The van der Waals surface area contributed by atoms with E-state index in [1.54, 1.807) is 30.8 Å². The maximum Gasteiger partial charge on any atom is 0.427 e. The van der Waals surface area contributed by atoms with Crippen LogP contribution in [0.2, 0.25) is 5.02 Å². The SMILES string of the molecule is CCOC(=O)N/N=C(/c1ccc(Cl)cc1)c1ccc(CSC)cc1. The molecular weight excluding hydrogens is 344 g/mol. The van der Waals surface area contributed by atoms with Gasteiger partial charge in [-0.1, -0.05) is 48.0 Å². The summed E-state index contributed by atoms with van der Waals surface area (Å²) in [5, 5.41) is 4.88. The number of hydrogen-bond acceptors (Lipinski definition) is 4. The lowest BCUT2D eigenvalue weighted by Crippen LogP contribution is -2.21. The van der Waals surface area contributed by atoms with Crippen LogP contribution in [0.5, 0.6) is 0 Å². The molecule has 0 saturated carbocycles. The van der Waals surface area contributed by atoms with Gasteiger partial charge in [0.25, 0.3) is 0 Å². The van der Waals surface area contributed by atoms with Crippen LogP contribution in [0, 0.1) is 0 Å². The predicted octanol–water partition coefficient (Wildman–Crippen LogP) is 4.70. The molecule has 1 N–H and O–H groups in total. The molecule has 4 nitrogen and oxygen atoms in total. The average Bonchev–Trinajstić information content (AvgIpc) is 2.58. The fourth-order valence-electron chi connectivity index (χ4n) is 2.09. The summed E-state index contributed by atoms with van der Waals surface area (Å²) in [5.41, 5.74) is 6.07. The molecule has 0 heterocycles. The maximum atomic E-state index is 11.5. The first kappa shape index (κ1) is 18.4. The Bertz CT molecular complexity index is 700. The summed E-state index contributed by atoms with van der Waals surface area (Å²) in [6.45, 7) is 2.04. The standard InChI is InChI=1S/C18H19ClN2O2S/c1-3-23-18(22)21-20-17(15-8-10-16(19)11-9-15)14-6-4-13(5-7-14)12-24-2/h4-11H,3,12H2,1-2H3,(H,21,22)/b20-17+. The zero-order valence-electron chi connectivity index (χ0n) is 13.6. The molecule has 1 amide bonds. The number of nitrogens with zero attached hydrogens (tertiary/aromatic N) is 1. The highest BCUT2D eigenvalue weighted by molar-refractivity contribution is 7.97. The lowest BCUT2D eigenvalue weighted by atomic mass is 10.0. The number of benzene rings is 2. The maximum absolute atomic E-state index is 11.5. The highest BCUT2D eigenvalue weighted by atomic mass is 35.5. The molecule has 2 rings (SSSR count). The van der Waals surface area contributed by atoms with E-state index in [2.05, 4.69) is 28.9 Å². The van der Waals surface area contributed by atoms with E-state index < -0.39 is 6.09 Å². The molecule has 0 aliphatic carbocycles. The third kappa shape index (κ3) is 5.28. The van der Waals surface area contributed by atoms with Gasteiger partial charge in [-0.15, -0.1) is 0 Å². The van der Waals surface area contributed by atoms with Crippen LogP contribution in [0.1, 0.15) is 23.6 Å². The van der Waals surface area contributed by atoms with E-state index >= 15 is 0 Å². The normalized spacial score (nSPS) is 11.2. The molecule has 0 radical (unpaired) electrons. The number of amides is 1. The summed E-state index contributed by atoms with van der Waals surface area (Å²) in [6.07, 6.45) is 1.49.